The molecule has 1 atom stereocenters. The molecule has 128 valence electrons. The first kappa shape index (κ1) is 16.7. The van der Waals surface area contributed by atoms with Crippen LogP contribution in [0.5, 0.6) is 5.75 Å². The summed E-state index contributed by atoms with van der Waals surface area (Å²) in [6.07, 6.45) is 1.70. The number of amides is 1. The number of carbonyl (C=O) groups excluding carboxylic acids is 1. The van der Waals surface area contributed by atoms with Crippen LogP contribution in [0.4, 0.5) is 0 Å². The number of aliphatic hydroxyl groups excluding tert-OH is 1. The molecule has 1 N–H and O–H groups in total. The monoisotopic (exact) mass is 330 g/mol. The Morgan fingerprint density at radius 2 is 2.25 bits per heavy atom. The fourth-order valence-electron chi connectivity index (χ4n) is 2.81. The molecule has 1 aromatic heterocycles. The average Bonchev–Trinajstić information content (AvgIpc) is 2.82. The Morgan fingerprint density at radius 3 is 3.08 bits per heavy atom. The first-order valence-electron chi connectivity index (χ1n) is 8.04. The van der Waals surface area contributed by atoms with Gasteiger partial charge in [-0.1, -0.05) is 25.1 Å². The van der Waals surface area contributed by atoms with Gasteiger partial charge in [0.2, 0.25) is 0 Å². The molecule has 24 heavy (non-hydrogen) atoms. The Bertz CT molecular complexity index is 716. The van der Waals surface area contributed by atoms with Crippen molar-refractivity contribution in [3.63, 3.8) is 0 Å². The first-order valence-corrected chi connectivity index (χ1v) is 8.04. The van der Waals surface area contributed by atoms with Crippen molar-refractivity contribution in [1.29, 1.82) is 0 Å². The van der Waals surface area contributed by atoms with E-state index in [4.69, 9.17) is 9.47 Å². The van der Waals surface area contributed by atoms with Crippen LogP contribution in [-0.4, -0.2) is 60.4 Å². The number of ether oxygens (including phenoxy) is 2. The van der Waals surface area contributed by atoms with E-state index in [0.717, 1.165) is 10.9 Å². The van der Waals surface area contributed by atoms with Crippen molar-refractivity contribution in [1.82, 2.24) is 9.88 Å². The molecule has 0 spiro atoms. The van der Waals surface area contributed by atoms with Crippen molar-refractivity contribution in [2.45, 2.75) is 6.92 Å². The van der Waals surface area contributed by atoms with Crippen LogP contribution in [0.15, 0.2) is 36.5 Å². The summed E-state index contributed by atoms with van der Waals surface area (Å²) in [4.78, 5) is 18.5. The fraction of sp³-hybridized carbons (Fsp3) is 0.444. The van der Waals surface area contributed by atoms with Crippen LogP contribution in [0.2, 0.25) is 0 Å². The minimum Gasteiger partial charge on any atom is -0.481 e. The van der Waals surface area contributed by atoms with E-state index in [1.54, 1.807) is 11.1 Å². The lowest BCUT2D eigenvalue weighted by molar-refractivity contribution is -0.134. The van der Waals surface area contributed by atoms with Gasteiger partial charge in [-0.25, -0.2) is 0 Å². The Hall–Kier alpha value is -2.18. The van der Waals surface area contributed by atoms with E-state index in [1.165, 1.54) is 0 Å². The Balaban J connectivity index is 1.68. The standard InChI is InChI=1S/C18H22N2O4/c1-18(12-21)11-20(8-9-23-13-18)16(22)10-24-15-6-2-4-14-5-3-7-19-17(14)15/h2-7,21H,8-13H2,1H3. The van der Waals surface area contributed by atoms with E-state index in [0.29, 0.717) is 32.1 Å². The molecule has 2 aromatic rings. The molecule has 2 heterocycles. The highest BCUT2D eigenvalue weighted by atomic mass is 16.5. The van der Waals surface area contributed by atoms with Gasteiger partial charge in [-0.05, 0) is 12.1 Å². The van der Waals surface area contributed by atoms with Crippen LogP contribution in [0.1, 0.15) is 6.92 Å². The SMILES string of the molecule is CC1(CO)COCCN(C(=O)COc2cccc3cccnc23)C1. The van der Waals surface area contributed by atoms with Crippen LogP contribution in [0.3, 0.4) is 0 Å². The second kappa shape index (κ2) is 7.15. The van der Waals surface area contributed by atoms with Crippen LogP contribution in [0, 0.1) is 5.41 Å². The first-order chi connectivity index (χ1) is 11.6. The van der Waals surface area contributed by atoms with Crippen LogP contribution in [0.25, 0.3) is 10.9 Å². The summed E-state index contributed by atoms with van der Waals surface area (Å²) in [5, 5.41) is 10.5. The molecule has 1 unspecified atom stereocenters. The Kier molecular flexibility index (Phi) is 4.97. The lowest BCUT2D eigenvalue weighted by Gasteiger charge is -2.30. The number of benzene rings is 1. The molecule has 6 heteroatoms. The van der Waals surface area contributed by atoms with Crippen molar-refractivity contribution in [3.05, 3.63) is 36.5 Å². The maximum absolute atomic E-state index is 12.5. The summed E-state index contributed by atoms with van der Waals surface area (Å²) < 4.78 is 11.2. The smallest absolute Gasteiger partial charge is 0.260 e. The zero-order valence-electron chi connectivity index (χ0n) is 13.8. The number of nitrogens with zero attached hydrogens (tertiary/aromatic N) is 2. The fourth-order valence-corrected chi connectivity index (χ4v) is 2.81. The molecule has 0 saturated carbocycles. The number of para-hydroxylation sites is 1. The van der Waals surface area contributed by atoms with E-state index in [1.807, 2.05) is 37.3 Å². The number of hydrogen-bond acceptors (Lipinski definition) is 5. The summed E-state index contributed by atoms with van der Waals surface area (Å²) in [5.74, 6) is 0.477. The number of fused-ring (bicyclic) bond motifs is 1. The molecule has 3 rings (SSSR count). The molecular weight excluding hydrogens is 308 g/mol. The molecule has 1 saturated heterocycles. The predicted octanol–water partition coefficient (Wildman–Crippen LogP) is 1.47. The highest BCUT2D eigenvalue weighted by Crippen LogP contribution is 2.24. The van der Waals surface area contributed by atoms with Gasteiger partial charge >= 0.3 is 0 Å². The molecule has 1 fully saturated rings. The Morgan fingerprint density at radius 1 is 1.42 bits per heavy atom. The molecule has 0 bridgehead atoms. The van der Waals surface area contributed by atoms with Crippen molar-refractivity contribution in [3.8, 4) is 5.75 Å². The average molecular weight is 330 g/mol. The minimum atomic E-state index is -0.437. The van der Waals surface area contributed by atoms with Gasteiger partial charge in [0.15, 0.2) is 6.61 Å². The zero-order chi connectivity index (χ0) is 17.0. The Labute approximate surface area is 141 Å². The zero-order valence-corrected chi connectivity index (χ0v) is 13.8. The summed E-state index contributed by atoms with van der Waals surface area (Å²) in [7, 11) is 0. The summed E-state index contributed by atoms with van der Waals surface area (Å²) in [6, 6.07) is 9.47. The second-order valence-electron chi connectivity index (χ2n) is 6.46. The van der Waals surface area contributed by atoms with Crippen molar-refractivity contribution >= 4 is 16.8 Å². The van der Waals surface area contributed by atoms with E-state index in [-0.39, 0.29) is 19.1 Å². The van der Waals surface area contributed by atoms with Gasteiger partial charge < -0.3 is 19.5 Å². The lowest BCUT2D eigenvalue weighted by atomic mass is 9.92. The number of rotatable bonds is 4. The van der Waals surface area contributed by atoms with E-state index < -0.39 is 5.41 Å². The molecule has 1 aliphatic rings. The second-order valence-corrected chi connectivity index (χ2v) is 6.46. The van der Waals surface area contributed by atoms with E-state index >= 15 is 0 Å². The number of aliphatic hydroxyl groups is 1. The molecule has 1 amide bonds. The summed E-state index contributed by atoms with van der Waals surface area (Å²) >= 11 is 0. The summed E-state index contributed by atoms with van der Waals surface area (Å²) in [6.45, 7) is 3.71. The van der Waals surface area contributed by atoms with Gasteiger partial charge in [0.1, 0.15) is 11.3 Å². The number of hydrogen-bond donors (Lipinski definition) is 1. The van der Waals surface area contributed by atoms with Gasteiger partial charge in [0.25, 0.3) is 5.91 Å². The van der Waals surface area contributed by atoms with Crippen molar-refractivity contribution in [2.24, 2.45) is 5.41 Å². The largest absolute Gasteiger partial charge is 0.481 e. The number of carbonyl (C=O) groups is 1. The normalized spacial score (nSPS) is 21.5. The maximum Gasteiger partial charge on any atom is 0.260 e. The number of aromatic nitrogens is 1. The highest BCUT2D eigenvalue weighted by molar-refractivity contribution is 5.85. The van der Waals surface area contributed by atoms with Crippen LogP contribution < -0.4 is 4.74 Å². The highest BCUT2D eigenvalue weighted by Gasteiger charge is 2.31. The quantitative estimate of drug-likeness (QED) is 0.919. The molecule has 1 aromatic carbocycles. The van der Waals surface area contributed by atoms with Gasteiger partial charge in [0.05, 0.1) is 19.8 Å². The van der Waals surface area contributed by atoms with E-state index in [9.17, 15) is 9.90 Å². The third-order valence-corrected chi connectivity index (χ3v) is 4.21. The van der Waals surface area contributed by atoms with Gasteiger partial charge in [-0.15, -0.1) is 0 Å². The molecule has 0 aliphatic carbocycles. The number of pyridine rings is 1. The van der Waals surface area contributed by atoms with Crippen molar-refractivity contribution in [2.75, 3.05) is 39.5 Å². The third kappa shape index (κ3) is 3.66. The molecular formula is C18H22N2O4. The van der Waals surface area contributed by atoms with Crippen LogP contribution >= 0.6 is 0 Å². The van der Waals surface area contributed by atoms with Gasteiger partial charge in [-0.3, -0.25) is 9.78 Å². The van der Waals surface area contributed by atoms with Gasteiger partial charge in [-0.2, -0.15) is 0 Å². The maximum atomic E-state index is 12.5. The van der Waals surface area contributed by atoms with Crippen molar-refractivity contribution < 1.29 is 19.4 Å². The predicted molar refractivity (Wildman–Crippen MR) is 89.8 cm³/mol. The van der Waals surface area contributed by atoms with Gasteiger partial charge in [0, 0.05) is 30.1 Å². The molecule has 0 radical (unpaired) electrons. The third-order valence-electron chi connectivity index (χ3n) is 4.21. The molecule has 1 aliphatic heterocycles. The van der Waals surface area contributed by atoms with Crippen LogP contribution in [-0.2, 0) is 9.53 Å². The lowest BCUT2D eigenvalue weighted by Crippen LogP contribution is -2.44. The molecule has 6 nitrogen and oxygen atoms in total. The minimum absolute atomic E-state index is 0.0229. The summed E-state index contributed by atoms with van der Waals surface area (Å²) in [5.41, 5.74) is 0.305. The van der Waals surface area contributed by atoms with E-state index in [2.05, 4.69) is 4.98 Å². The topological polar surface area (TPSA) is 71.9 Å².